The molecule has 0 aromatic heterocycles. The molecule has 0 N–H and O–H groups in total. The number of benzene rings is 5. The van der Waals surface area contributed by atoms with E-state index in [-0.39, 0.29) is 9.04 Å². The van der Waals surface area contributed by atoms with E-state index in [4.69, 9.17) is 17.0 Å². The van der Waals surface area contributed by atoms with E-state index in [1.54, 1.807) is 0 Å². The molecular formula is C40H38Cl2SiZr. The van der Waals surface area contributed by atoms with E-state index in [9.17, 15) is 0 Å². The Kier molecular flexibility index (Phi) is 8.03. The molecule has 2 aliphatic rings. The average molecular weight is 709 g/mol. The fourth-order valence-corrected chi connectivity index (χ4v) is 24.6. The van der Waals surface area contributed by atoms with Crippen LogP contribution < -0.4 is 13.6 Å². The third-order valence-electron chi connectivity index (χ3n) is 9.53. The fraction of sp³-hybridized carbons (Fsp3) is 0.200. The number of hydrogen-bond donors (Lipinski definition) is 0. The molecule has 1 aliphatic heterocycles. The van der Waals surface area contributed by atoms with Crippen molar-refractivity contribution >= 4 is 46.3 Å². The summed E-state index contributed by atoms with van der Waals surface area (Å²) in [5.41, 5.74) is 13.2. The molecule has 4 heteroatoms. The summed E-state index contributed by atoms with van der Waals surface area (Å²) in [6.07, 6.45) is 4.61. The van der Waals surface area contributed by atoms with E-state index in [0.717, 1.165) is 12.8 Å². The van der Waals surface area contributed by atoms with Gasteiger partial charge in [-0.2, -0.15) is 0 Å². The van der Waals surface area contributed by atoms with Crippen molar-refractivity contribution in [3.8, 4) is 33.4 Å². The summed E-state index contributed by atoms with van der Waals surface area (Å²) < 4.78 is 1.34. The molecule has 220 valence electrons. The Morgan fingerprint density at radius 1 is 0.705 bits per heavy atom. The van der Waals surface area contributed by atoms with Crippen molar-refractivity contribution in [2.75, 3.05) is 0 Å². The SMILES string of the molecule is CCCc1ccc2c(c1-c1ccccc1-c1ccccc1)C=C(C(C)(C)C)[CH]2[Zr]([Cl])([Cl])[c]1cccc2c1[SiH2]c1ccccc1-2. The first-order valence-electron chi connectivity index (χ1n) is 15.8. The van der Waals surface area contributed by atoms with Crippen molar-refractivity contribution in [2.45, 2.75) is 44.2 Å². The van der Waals surface area contributed by atoms with E-state index in [2.05, 4.69) is 143 Å². The van der Waals surface area contributed by atoms with Crippen LogP contribution in [-0.4, -0.2) is 9.52 Å². The van der Waals surface area contributed by atoms with Crippen LogP contribution in [0.5, 0.6) is 0 Å². The molecule has 7 rings (SSSR count). The molecule has 1 unspecified atom stereocenters. The molecular weight excluding hydrogens is 671 g/mol. The number of aryl methyl sites for hydroxylation is 1. The van der Waals surface area contributed by atoms with Gasteiger partial charge in [-0.15, -0.1) is 0 Å². The van der Waals surface area contributed by atoms with Crippen LogP contribution in [0.2, 0.25) is 0 Å². The first-order chi connectivity index (χ1) is 21.2. The van der Waals surface area contributed by atoms with E-state index >= 15 is 0 Å². The second-order valence-corrected chi connectivity index (χ2v) is 29.2. The zero-order valence-corrected chi connectivity index (χ0v) is 31.3. The maximum atomic E-state index is 8.01. The molecule has 0 saturated heterocycles. The predicted molar refractivity (Wildman–Crippen MR) is 193 cm³/mol. The van der Waals surface area contributed by atoms with Gasteiger partial charge in [0.25, 0.3) is 0 Å². The van der Waals surface area contributed by atoms with Gasteiger partial charge < -0.3 is 0 Å². The summed E-state index contributed by atoms with van der Waals surface area (Å²) in [4.78, 5) is 0. The standard InChI is InChI=1S/C28H29.C12H9Si.2ClH.Zr/c1-5-11-21-16-17-22-18-23(28(2,3)4)19-26(22)27(21)25-15-10-9-14-24(25)20-12-7-6-8-13-20;1-3-7-11-9(5-1)10-6-2-4-8-12(10)13-11;;;/h6-10,12-19H,5,11H2,1-4H3;1-7H,13H2;2*1H;/q;;;;+2/p-2. The van der Waals surface area contributed by atoms with Crippen LogP contribution in [0.15, 0.2) is 115 Å². The second kappa shape index (κ2) is 11.7. The second-order valence-electron chi connectivity index (χ2n) is 13.3. The summed E-state index contributed by atoms with van der Waals surface area (Å²) in [6, 6.07) is 40.1. The Morgan fingerprint density at radius 3 is 2.09 bits per heavy atom. The number of rotatable bonds is 6. The van der Waals surface area contributed by atoms with Gasteiger partial charge in [0, 0.05) is 0 Å². The number of allylic oxidation sites excluding steroid dienone is 1. The zero-order chi connectivity index (χ0) is 30.6. The van der Waals surface area contributed by atoms with Crippen LogP contribution in [0.1, 0.15) is 54.4 Å². The first-order valence-corrected chi connectivity index (χ1v) is 26.2. The molecule has 1 aliphatic carbocycles. The molecule has 5 aromatic carbocycles. The van der Waals surface area contributed by atoms with Gasteiger partial charge in [0.05, 0.1) is 0 Å². The van der Waals surface area contributed by atoms with E-state index in [1.807, 2.05) is 0 Å². The van der Waals surface area contributed by atoms with Crippen molar-refractivity contribution in [3.05, 3.63) is 131 Å². The van der Waals surface area contributed by atoms with Crippen molar-refractivity contribution < 1.29 is 17.9 Å². The molecule has 1 atom stereocenters. The minimum atomic E-state index is -4.10. The molecule has 0 radical (unpaired) electrons. The Hall–Kier alpha value is -2.48. The summed E-state index contributed by atoms with van der Waals surface area (Å²) in [5, 5.41) is 2.99. The summed E-state index contributed by atoms with van der Waals surface area (Å²) in [5.74, 6) is 0. The van der Waals surface area contributed by atoms with Crippen LogP contribution in [0.4, 0.5) is 0 Å². The van der Waals surface area contributed by atoms with Crippen molar-refractivity contribution in [1.82, 2.24) is 0 Å². The molecule has 0 bridgehead atoms. The number of fused-ring (bicyclic) bond motifs is 4. The quantitative estimate of drug-likeness (QED) is 0.151. The van der Waals surface area contributed by atoms with Gasteiger partial charge >= 0.3 is 279 Å². The number of hydrogen-bond acceptors (Lipinski definition) is 0. The summed E-state index contributed by atoms with van der Waals surface area (Å²) in [6.45, 7) is 9.27. The van der Waals surface area contributed by atoms with Crippen LogP contribution in [0, 0.1) is 5.41 Å². The molecule has 0 fully saturated rings. The van der Waals surface area contributed by atoms with Crippen LogP contribution in [0.3, 0.4) is 0 Å². The Morgan fingerprint density at radius 2 is 1.36 bits per heavy atom. The van der Waals surface area contributed by atoms with Crippen molar-refractivity contribution in [2.24, 2.45) is 5.41 Å². The monoisotopic (exact) mass is 706 g/mol. The van der Waals surface area contributed by atoms with Crippen LogP contribution in [0.25, 0.3) is 39.5 Å². The average Bonchev–Trinajstić information content (AvgIpc) is 3.61. The van der Waals surface area contributed by atoms with Crippen LogP contribution >= 0.6 is 17.0 Å². The molecule has 44 heavy (non-hydrogen) atoms. The molecule has 0 saturated carbocycles. The maximum absolute atomic E-state index is 8.01. The van der Waals surface area contributed by atoms with E-state index in [1.165, 1.54) is 69.3 Å². The van der Waals surface area contributed by atoms with Gasteiger partial charge in [-0.05, 0) is 0 Å². The van der Waals surface area contributed by atoms with E-state index < -0.39 is 27.4 Å². The normalized spacial score (nSPS) is 16.0. The van der Waals surface area contributed by atoms with Gasteiger partial charge in [-0.25, -0.2) is 0 Å². The predicted octanol–water partition coefficient (Wildman–Crippen LogP) is 9.34. The Bertz CT molecular complexity index is 1920. The van der Waals surface area contributed by atoms with Crippen molar-refractivity contribution in [3.63, 3.8) is 0 Å². The third kappa shape index (κ3) is 5.07. The van der Waals surface area contributed by atoms with Gasteiger partial charge in [0.1, 0.15) is 0 Å². The summed E-state index contributed by atoms with van der Waals surface area (Å²) >= 11 is -4.10. The van der Waals surface area contributed by atoms with Gasteiger partial charge in [-0.1, -0.05) is 0 Å². The van der Waals surface area contributed by atoms with Crippen molar-refractivity contribution in [1.29, 1.82) is 0 Å². The topological polar surface area (TPSA) is 0 Å². The molecule has 0 amide bonds. The van der Waals surface area contributed by atoms with Crippen LogP contribution in [-0.2, 0) is 24.3 Å². The summed E-state index contributed by atoms with van der Waals surface area (Å²) in [7, 11) is 15.4. The fourth-order valence-electron chi connectivity index (χ4n) is 7.53. The van der Waals surface area contributed by atoms with E-state index in [0.29, 0.717) is 0 Å². The zero-order valence-electron chi connectivity index (χ0n) is 25.9. The van der Waals surface area contributed by atoms with Gasteiger partial charge in [-0.3, -0.25) is 0 Å². The number of halogens is 2. The first kappa shape index (κ1) is 30.2. The van der Waals surface area contributed by atoms with Gasteiger partial charge in [0.2, 0.25) is 0 Å². The van der Waals surface area contributed by atoms with Gasteiger partial charge in [0.15, 0.2) is 0 Å². The molecule has 0 nitrogen and oxygen atoms in total. The molecule has 0 spiro atoms. The molecule has 5 aromatic rings. The minimum absolute atomic E-state index is 0.0464. The molecule has 1 heterocycles. The Balaban J connectivity index is 1.46. The Labute approximate surface area is 276 Å². The third-order valence-corrected chi connectivity index (χ3v) is 23.7.